The van der Waals surface area contributed by atoms with Crippen molar-refractivity contribution in [3.8, 4) is 0 Å². The van der Waals surface area contributed by atoms with Crippen molar-refractivity contribution in [3.63, 3.8) is 0 Å². The van der Waals surface area contributed by atoms with Gasteiger partial charge >= 0.3 is 6.03 Å². The quantitative estimate of drug-likeness (QED) is 0.676. The molecule has 0 saturated heterocycles. The predicted molar refractivity (Wildman–Crippen MR) is 82.5 cm³/mol. The maximum absolute atomic E-state index is 12.2. The molecule has 1 aromatic carbocycles. The number of benzene rings is 1. The van der Waals surface area contributed by atoms with Crippen molar-refractivity contribution in [1.29, 1.82) is 0 Å². The topological polar surface area (TPSA) is 75.5 Å². The number of carbonyl (C=O) groups is 1. The second-order valence-corrected chi connectivity index (χ2v) is 5.36. The lowest BCUT2D eigenvalue weighted by Crippen LogP contribution is -2.34. The summed E-state index contributed by atoms with van der Waals surface area (Å²) < 4.78 is 0. The van der Waals surface area contributed by atoms with E-state index in [2.05, 4.69) is 5.32 Å². The molecule has 2 amide bonds. The minimum Gasteiger partial charge on any atom is -0.320 e. The third-order valence-electron chi connectivity index (χ3n) is 2.90. The highest BCUT2D eigenvalue weighted by atomic mass is 32.1. The van der Waals surface area contributed by atoms with Crippen LogP contribution >= 0.6 is 11.3 Å². The van der Waals surface area contributed by atoms with Gasteiger partial charge in [0.1, 0.15) is 0 Å². The van der Waals surface area contributed by atoms with Crippen molar-refractivity contribution in [2.24, 2.45) is 0 Å². The van der Waals surface area contributed by atoms with Crippen molar-refractivity contribution in [2.75, 3.05) is 11.9 Å². The van der Waals surface area contributed by atoms with Gasteiger partial charge in [0.25, 0.3) is 5.69 Å². The Hall–Kier alpha value is -2.41. The monoisotopic (exact) mass is 305 g/mol. The molecule has 0 aliphatic rings. The lowest BCUT2D eigenvalue weighted by atomic mass is 10.3. The molecule has 0 aliphatic heterocycles. The fraction of sp³-hybridized carbons (Fsp3) is 0.214. The summed E-state index contributed by atoms with van der Waals surface area (Å²) in [5.41, 5.74) is 0.368. The van der Waals surface area contributed by atoms with Crippen LogP contribution in [0, 0.1) is 10.1 Å². The molecule has 2 rings (SSSR count). The molecule has 0 bridgehead atoms. The largest absolute Gasteiger partial charge is 0.322 e. The summed E-state index contributed by atoms with van der Waals surface area (Å²) in [5, 5.41) is 15.4. The van der Waals surface area contributed by atoms with E-state index in [0.29, 0.717) is 18.8 Å². The first-order valence-corrected chi connectivity index (χ1v) is 7.31. The predicted octanol–water partition coefficient (Wildman–Crippen LogP) is 3.71. The molecule has 0 saturated carbocycles. The zero-order chi connectivity index (χ0) is 15.2. The van der Waals surface area contributed by atoms with Gasteiger partial charge in [-0.15, -0.1) is 11.3 Å². The number of nitrogens with one attached hydrogen (secondary N) is 1. The Morgan fingerprint density at radius 3 is 2.81 bits per heavy atom. The van der Waals surface area contributed by atoms with Crippen LogP contribution in [0.5, 0.6) is 0 Å². The number of anilines is 1. The smallest absolute Gasteiger partial charge is 0.320 e. The molecule has 6 nitrogen and oxygen atoms in total. The Kier molecular flexibility index (Phi) is 4.89. The number of amides is 2. The molecule has 21 heavy (non-hydrogen) atoms. The van der Waals surface area contributed by atoms with Crippen LogP contribution in [0.3, 0.4) is 0 Å². The van der Waals surface area contributed by atoms with Gasteiger partial charge in [0.2, 0.25) is 0 Å². The van der Waals surface area contributed by atoms with Crippen molar-refractivity contribution < 1.29 is 9.72 Å². The summed E-state index contributed by atoms with van der Waals surface area (Å²) in [6.45, 7) is 2.97. The van der Waals surface area contributed by atoms with E-state index in [1.807, 2.05) is 24.4 Å². The maximum atomic E-state index is 12.2. The number of hydrogen-bond donors (Lipinski definition) is 1. The summed E-state index contributed by atoms with van der Waals surface area (Å²) in [6.07, 6.45) is 0. The molecule has 0 radical (unpaired) electrons. The molecular weight excluding hydrogens is 290 g/mol. The van der Waals surface area contributed by atoms with Crippen LogP contribution in [-0.2, 0) is 6.54 Å². The summed E-state index contributed by atoms with van der Waals surface area (Å²) in [6, 6.07) is 9.54. The van der Waals surface area contributed by atoms with Gasteiger partial charge in [0.05, 0.1) is 11.5 Å². The van der Waals surface area contributed by atoms with Gasteiger partial charge in [-0.2, -0.15) is 0 Å². The molecular formula is C14H15N3O3S. The minimum absolute atomic E-state index is 0.0471. The maximum Gasteiger partial charge on any atom is 0.322 e. The van der Waals surface area contributed by atoms with Crippen LogP contribution in [0.2, 0.25) is 0 Å². The van der Waals surface area contributed by atoms with Gasteiger partial charge in [0, 0.05) is 29.2 Å². The van der Waals surface area contributed by atoms with Gasteiger partial charge in [-0.05, 0) is 24.4 Å². The first-order valence-electron chi connectivity index (χ1n) is 6.43. The average molecular weight is 305 g/mol. The number of carbonyl (C=O) groups excluding carboxylic acids is 1. The lowest BCUT2D eigenvalue weighted by molar-refractivity contribution is -0.384. The highest BCUT2D eigenvalue weighted by Crippen LogP contribution is 2.18. The Balaban J connectivity index is 2.05. The average Bonchev–Trinajstić information content (AvgIpc) is 2.97. The molecule has 0 fully saturated rings. The van der Waals surface area contributed by atoms with E-state index >= 15 is 0 Å². The van der Waals surface area contributed by atoms with Crippen LogP contribution in [0.4, 0.5) is 16.2 Å². The van der Waals surface area contributed by atoms with Crippen molar-refractivity contribution in [1.82, 2.24) is 4.90 Å². The van der Waals surface area contributed by atoms with E-state index in [9.17, 15) is 14.9 Å². The van der Waals surface area contributed by atoms with E-state index in [-0.39, 0.29) is 11.7 Å². The van der Waals surface area contributed by atoms with Gasteiger partial charge in [0.15, 0.2) is 0 Å². The summed E-state index contributed by atoms with van der Waals surface area (Å²) in [7, 11) is 0. The van der Waals surface area contributed by atoms with Crippen molar-refractivity contribution in [3.05, 3.63) is 56.8 Å². The fourth-order valence-corrected chi connectivity index (χ4v) is 2.54. The van der Waals surface area contributed by atoms with E-state index in [4.69, 9.17) is 0 Å². The molecule has 0 unspecified atom stereocenters. The second kappa shape index (κ2) is 6.85. The van der Waals surface area contributed by atoms with Crippen LogP contribution in [0.25, 0.3) is 0 Å². The van der Waals surface area contributed by atoms with Gasteiger partial charge in [-0.25, -0.2) is 4.79 Å². The zero-order valence-electron chi connectivity index (χ0n) is 11.5. The van der Waals surface area contributed by atoms with E-state index in [1.165, 1.54) is 12.1 Å². The zero-order valence-corrected chi connectivity index (χ0v) is 12.3. The molecule has 0 aliphatic carbocycles. The molecule has 110 valence electrons. The molecule has 1 aromatic heterocycles. The first-order chi connectivity index (χ1) is 10.1. The third kappa shape index (κ3) is 4.03. The number of nitro groups is 1. The Morgan fingerprint density at radius 2 is 2.19 bits per heavy atom. The molecule has 0 spiro atoms. The van der Waals surface area contributed by atoms with Crippen LogP contribution in [0.15, 0.2) is 41.8 Å². The third-order valence-corrected chi connectivity index (χ3v) is 3.77. The summed E-state index contributed by atoms with van der Waals surface area (Å²) >= 11 is 1.59. The van der Waals surface area contributed by atoms with Crippen LogP contribution in [0.1, 0.15) is 11.8 Å². The lowest BCUT2D eigenvalue weighted by Gasteiger charge is -2.20. The van der Waals surface area contributed by atoms with Gasteiger partial charge in [-0.1, -0.05) is 12.1 Å². The van der Waals surface area contributed by atoms with Crippen molar-refractivity contribution >= 4 is 28.7 Å². The highest BCUT2D eigenvalue weighted by molar-refractivity contribution is 7.09. The van der Waals surface area contributed by atoms with Crippen molar-refractivity contribution in [2.45, 2.75) is 13.5 Å². The van der Waals surface area contributed by atoms with Gasteiger partial charge in [-0.3, -0.25) is 10.1 Å². The van der Waals surface area contributed by atoms with E-state index < -0.39 is 4.92 Å². The Bertz CT molecular complexity index is 628. The number of rotatable bonds is 5. The van der Waals surface area contributed by atoms with Gasteiger partial charge < -0.3 is 10.2 Å². The number of nitrogens with zero attached hydrogens (tertiary/aromatic N) is 2. The highest BCUT2D eigenvalue weighted by Gasteiger charge is 2.14. The number of hydrogen-bond acceptors (Lipinski definition) is 4. The summed E-state index contributed by atoms with van der Waals surface area (Å²) in [5.74, 6) is 0. The summed E-state index contributed by atoms with van der Waals surface area (Å²) in [4.78, 5) is 25.2. The molecule has 7 heteroatoms. The number of nitro benzene ring substituents is 1. The van der Waals surface area contributed by atoms with E-state index in [0.717, 1.165) is 4.88 Å². The van der Waals surface area contributed by atoms with Crippen LogP contribution < -0.4 is 5.32 Å². The molecule has 0 atom stereocenters. The molecule has 2 aromatic rings. The SMILES string of the molecule is CCN(Cc1cccs1)C(=O)Nc1cccc([N+](=O)[O-])c1. The first kappa shape index (κ1) is 15.0. The van der Waals surface area contributed by atoms with Crippen LogP contribution in [-0.4, -0.2) is 22.4 Å². The molecule has 1 N–H and O–H groups in total. The number of thiophene rings is 1. The normalized spacial score (nSPS) is 10.1. The standard InChI is InChI=1S/C14H15N3O3S/c1-2-16(10-13-7-4-8-21-13)14(18)15-11-5-3-6-12(9-11)17(19)20/h3-9H,2,10H2,1H3,(H,15,18). The Labute approximate surface area is 126 Å². The fourth-order valence-electron chi connectivity index (χ4n) is 1.82. The second-order valence-electron chi connectivity index (χ2n) is 4.33. The molecule has 1 heterocycles. The number of non-ortho nitro benzene ring substituents is 1. The number of urea groups is 1. The minimum atomic E-state index is -0.487. The Morgan fingerprint density at radius 1 is 1.38 bits per heavy atom. The van der Waals surface area contributed by atoms with E-state index in [1.54, 1.807) is 28.4 Å².